The highest BCUT2D eigenvalue weighted by Crippen LogP contribution is 2.24. The summed E-state index contributed by atoms with van der Waals surface area (Å²) in [5.41, 5.74) is 0.581. The molecule has 128 valence electrons. The van der Waals surface area contributed by atoms with Crippen molar-refractivity contribution < 1.29 is 9.53 Å². The summed E-state index contributed by atoms with van der Waals surface area (Å²) in [6.45, 7) is 5.60. The number of carbonyl (C=O) groups is 1. The Labute approximate surface area is 141 Å². The van der Waals surface area contributed by atoms with E-state index in [1.165, 1.54) is 17.8 Å². The molecule has 1 atom stereocenters. The summed E-state index contributed by atoms with van der Waals surface area (Å²) >= 11 is 1.49. The minimum atomic E-state index is 0.0921. The van der Waals surface area contributed by atoms with Gasteiger partial charge in [0.05, 0.1) is 13.2 Å². The van der Waals surface area contributed by atoms with Crippen molar-refractivity contribution in [2.75, 3.05) is 51.8 Å². The van der Waals surface area contributed by atoms with Crippen LogP contribution >= 0.6 is 11.3 Å². The number of hydrogen-bond acceptors (Lipinski definition) is 6. The van der Waals surface area contributed by atoms with Crippen molar-refractivity contribution >= 4 is 22.4 Å². The van der Waals surface area contributed by atoms with Gasteiger partial charge >= 0.3 is 0 Å². The van der Waals surface area contributed by atoms with Gasteiger partial charge in [-0.3, -0.25) is 9.69 Å². The average molecular weight is 338 g/mol. The van der Waals surface area contributed by atoms with E-state index >= 15 is 0 Å². The molecule has 0 unspecified atom stereocenters. The molecular formula is C16H26N4O2S. The number of nitrogens with zero attached hydrogens (tertiary/aromatic N) is 3. The maximum Gasteiger partial charge on any atom is 0.273 e. The predicted octanol–water partition coefficient (Wildman–Crippen LogP) is 1.90. The molecule has 2 aliphatic rings. The number of anilines is 1. The molecule has 0 bridgehead atoms. The summed E-state index contributed by atoms with van der Waals surface area (Å²) in [5.74, 6) is 0.0921. The normalized spacial score (nSPS) is 23.0. The Morgan fingerprint density at radius 3 is 2.96 bits per heavy atom. The molecule has 2 fully saturated rings. The van der Waals surface area contributed by atoms with E-state index in [0.717, 1.165) is 63.8 Å². The Morgan fingerprint density at radius 1 is 1.39 bits per heavy atom. The molecule has 3 rings (SSSR count). The molecule has 0 aliphatic carbocycles. The number of amides is 1. The second kappa shape index (κ2) is 8.08. The van der Waals surface area contributed by atoms with Crippen LogP contribution in [0.3, 0.4) is 0 Å². The van der Waals surface area contributed by atoms with Crippen molar-refractivity contribution in [1.29, 1.82) is 0 Å². The zero-order valence-electron chi connectivity index (χ0n) is 13.8. The molecule has 1 aromatic heterocycles. The maximum atomic E-state index is 12.8. The number of piperidine rings is 1. The van der Waals surface area contributed by atoms with Crippen molar-refractivity contribution in [3.8, 4) is 0 Å². The van der Waals surface area contributed by atoms with E-state index in [4.69, 9.17) is 4.74 Å². The molecule has 1 N–H and O–H groups in total. The second-order valence-electron chi connectivity index (χ2n) is 6.18. The van der Waals surface area contributed by atoms with Crippen LogP contribution in [-0.4, -0.2) is 73.2 Å². The first kappa shape index (κ1) is 16.7. The van der Waals surface area contributed by atoms with Crippen LogP contribution in [0.5, 0.6) is 0 Å². The molecule has 3 heterocycles. The largest absolute Gasteiger partial charge is 0.379 e. The average Bonchev–Trinajstić information content (AvgIpc) is 3.10. The summed E-state index contributed by atoms with van der Waals surface area (Å²) in [7, 11) is 1.83. The van der Waals surface area contributed by atoms with Crippen LogP contribution in [0.2, 0.25) is 0 Å². The highest BCUT2D eigenvalue weighted by atomic mass is 32.1. The molecule has 7 heteroatoms. The van der Waals surface area contributed by atoms with Crippen molar-refractivity contribution in [2.24, 2.45) is 0 Å². The fourth-order valence-electron chi connectivity index (χ4n) is 3.36. The molecular weight excluding hydrogens is 312 g/mol. The molecule has 23 heavy (non-hydrogen) atoms. The number of aromatic nitrogens is 1. The standard InChI is InChI=1S/C16H26N4O2S/c1-17-16-18-14(12-23-16)15(21)20-6-3-2-4-13(20)5-7-19-8-10-22-11-9-19/h12-13H,2-11H2,1H3,(H,17,18)/t13-/m1/s1. The molecule has 2 saturated heterocycles. The summed E-state index contributed by atoms with van der Waals surface area (Å²) in [6, 6.07) is 0.346. The number of thiazole rings is 1. The van der Waals surface area contributed by atoms with Crippen molar-refractivity contribution in [2.45, 2.75) is 31.7 Å². The maximum absolute atomic E-state index is 12.8. The van der Waals surface area contributed by atoms with Gasteiger partial charge in [0, 0.05) is 44.6 Å². The number of ether oxygens (including phenoxy) is 1. The molecule has 2 aliphatic heterocycles. The molecule has 0 aromatic carbocycles. The predicted molar refractivity (Wildman–Crippen MR) is 92.2 cm³/mol. The first-order valence-corrected chi connectivity index (χ1v) is 9.40. The summed E-state index contributed by atoms with van der Waals surface area (Å²) < 4.78 is 5.40. The number of hydrogen-bond donors (Lipinski definition) is 1. The number of carbonyl (C=O) groups excluding carboxylic acids is 1. The Bertz CT molecular complexity index is 516. The third-order valence-electron chi connectivity index (χ3n) is 4.71. The van der Waals surface area contributed by atoms with Gasteiger partial charge in [-0.15, -0.1) is 11.3 Å². The topological polar surface area (TPSA) is 57.7 Å². The lowest BCUT2D eigenvalue weighted by molar-refractivity contribution is 0.0295. The van der Waals surface area contributed by atoms with Gasteiger partial charge in [-0.1, -0.05) is 0 Å². The van der Waals surface area contributed by atoms with Gasteiger partial charge in [0.1, 0.15) is 5.69 Å². The molecule has 0 saturated carbocycles. The van der Waals surface area contributed by atoms with Gasteiger partial charge in [-0.25, -0.2) is 4.98 Å². The lowest BCUT2D eigenvalue weighted by Gasteiger charge is -2.37. The third-order valence-corrected chi connectivity index (χ3v) is 5.57. The number of nitrogens with one attached hydrogen (secondary N) is 1. The molecule has 1 amide bonds. The highest BCUT2D eigenvalue weighted by Gasteiger charge is 2.29. The van der Waals surface area contributed by atoms with E-state index in [2.05, 4.69) is 20.1 Å². The van der Waals surface area contributed by atoms with E-state index in [9.17, 15) is 4.79 Å². The number of morpholine rings is 1. The first-order valence-electron chi connectivity index (χ1n) is 8.52. The highest BCUT2D eigenvalue weighted by molar-refractivity contribution is 7.13. The Morgan fingerprint density at radius 2 is 2.22 bits per heavy atom. The van der Waals surface area contributed by atoms with Crippen LogP contribution in [-0.2, 0) is 4.74 Å². The smallest absolute Gasteiger partial charge is 0.273 e. The monoisotopic (exact) mass is 338 g/mol. The number of rotatable bonds is 5. The van der Waals surface area contributed by atoms with Crippen LogP contribution < -0.4 is 5.32 Å². The Hall–Kier alpha value is -1.18. The van der Waals surface area contributed by atoms with E-state index < -0.39 is 0 Å². The third kappa shape index (κ3) is 4.22. The van der Waals surface area contributed by atoms with Gasteiger partial charge in [0.25, 0.3) is 5.91 Å². The van der Waals surface area contributed by atoms with Gasteiger partial charge in [0.2, 0.25) is 0 Å². The fraction of sp³-hybridized carbons (Fsp3) is 0.750. The van der Waals surface area contributed by atoms with E-state index in [1.807, 2.05) is 12.4 Å². The Balaban J connectivity index is 1.59. The van der Waals surface area contributed by atoms with Gasteiger partial charge in [-0.2, -0.15) is 0 Å². The van der Waals surface area contributed by atoms with Crippen LogP contribution in [0.15, 0.2) is 5.38 Å². The van der Waals surface area contributed by atoms with Crippen LogP contribution in [0, 0.1) is 0 Å². The first-order chi connectivity index (χ1) is 11.3. The van der Waals surface area contributed by atoms with Gasteiger partial charge < -0.3 is 15.0 Å². The van der Waals surface area contributed by atoms with E-state index in [0.29, 0.717) is 11.7 Å². The molecule has 0 radical (unpaired) electrons. The zero-order valence-corrected chi connectivity index (χ0v) is 14.6. The fourth-order valence-corrected chi connectivity index (χ4v) is 4.00. The van der Waals surface area contributed by atoms with Crippen LogP contribution in [0.4, 0.5) is 5.13 Å². The number of likely N-dealkylation sites (tertiary alicyclic amines) is 1. The van der Waals surface area contributed by atoms with Crippen LogP contribution in [0.25, 0.3) is 0 Å². The minimum Gasteiger partial charge on any atom is -0.379 e. The second-order valence-corrected chi connectivity index (χ2v) is 7.04. The minimum absolute atomic E-state index is 0.0921. The lowest BCUT2D eigenvalue weighted by Crippen LogP contribution is -2.46. The van der Waals surface area contributed by atoms with Crippen LogP contribution in [0.1, 0.15) is 36.2 Å². The zero-order chi connectivity index (χ0) is 16.1. The van der Waals surface area contributed by atoms with Gasteiger partial charge in [-0.05, 0) is 25.7 Å². The SMILES string of the molecule is CNc1nc(C(=O)N2CCCC[C@@H]2CCN2CCOCC2)cs1. The van der Waals surface area contributed by atoms with Crippen molar-refractivity contribution in [1.82, 2.24) is 14.8 Å². The summed E-state index contributed by atoms with van der Waals surface area (Å²) in [5, 5.41) is 5.67. The molecule has 0 spiro atoms. The molecule has 6 nitrogen and oxygen atoms in total. The van der Waals surface area contributed by atoms with Crippen molar-refractivity contribution in [3.63, 3.8) is 0 Å². The van der Waals surface area contributed by atoms with E-state index in [1.54, 1.807) is 0 Å². The summed E-state index contributed by atoms with van der Waals surface area (Å²) in [4.78, 5) is 21.7. The Kier molecular flexibility index (Phi) is 5.85. The molecule has 1 aromatic rings. The quantitative estimate of drug-likeness (QED) is 0.889. The summed E-state index contributed by atoms with van der Waals surface area (Å²) in [6.07, 6.45) is 4.48. The van der Waals surface area contributed by atoms with Gasteiger partial charge in [0.15, 0.2) is 5.13 Å². The van der Waals surface area contributed by atoms with Crippen molar-refractivity contribution in [3.05, 3.63) is 11.1 Å². The lowest BCUT2D eigenvalue weighted by atomic mass is 9.98. The van der Waals surface area contributed by atoms with E-state index in [-0.39, 0.29) is 5.91 Å².